The molecule has 1 aliphatic rings. The standard InChI is InChI=1S/C8H18O3Si/c1-7(2)5-6-12(9,10)11-8(7,3)4/h9-10H,5-6H2,1-4H3. The Morgan fingerprint density at radius 2 is 1.67 bits per heavy atom. The van der Waals surface area contributed by atoms with Crippen LogP contribution in [0.3, 0.4) is 0 Å². The first-order valence-corrected chi connectivity index (χ1v) is 6.32. The first kappa shape index (κ1) is 10.2. The summed E-state index contributed by atoms with van der Waals surface area (Å²) in [6.45, 7) is 8.02. The molecule has 1 rings (SSSR count). The Morgan fingerprint density at radius 3 is 2.00 bits per heavy atom. The van der Waals surface area contributed by atoms with E-state index in [2.05, 4.69) is 13.8 Å². The first-order valence-electron chi connectivity index (χ1n) is 4.31. The van der Waals surface area contributed by atoms with Crippen LogP contribution in [-0.2, 0) is 4.43 Å². The van der Waals surface area contributed by atoms with Crippen molar-refractivity contribution in [3.63, 3.8) is 0 Å². The summed E-state index contributed by atoms with van der Waals surface area (Å²) in [7, 11) is -3.31. The third kappa shape index (κ3) is 1.71. The molecule has 0 radical (unpaired) electrons. The lowest BCUT2D eigenvalue weighted by molar-refractivity contribution is -0.0815. The summed E-state index contributed by atoms with van der Waals surface area (Å²) in [5, 5.41) is 0. The second kappa shape index (κ2) is 2.54. The van der Waals surface area contributed by atoms with Crippen molar-refractivity contribution in [3.05, 3.63) is 0 Å². The maximum atomic E-state index is 9.41. The molecule has 0 unspecified atom stereocenters. The fourth-order valence-electron chi connectivity index (χ4n) is 1.37. The van der Waals surface area contributed by atoms with Gasteiger partial charge in [0.1, 0.15) is 0 Å². The zero-order valence-electron chi connectivity index (χ0n) is 8.22. The minimum absolute atomic E-state index is 0.0228. The van der Waals surface area contributed by atoms with Crippen LogP contribution in [0.25, 0.3) is 0 Å². The largest absolute Gasteiger partial charge is 0.495 e. The fraction of sp³-hybridized carbons (Fsp3) is 1.00. The lowest BCUT2D eigenvalue weighted by Gasteiger charge is -2.48. The molecule has 0 spiro atoms. The molecule has 4 heteroatoms. The van der Waals surface area contributed by atoms with Crippen LogP contribution in [0.5, 0.6) is 0 Å². The van der Waals surface area contributed by atoms with Gasteiger partial charge in [0.15, 0.2) is 0 Å². The van der Waals surface area contributed by atoms with E-state index in [9.17, 15) is 9.59 Å². The Balaban J connectivity index is 2.82. The van der Waals surface area contributed by atoms with Gasteiger partial charge in [-0.3, -0.25) is 0 Å². The molecule has 0 saturated carbocycles. The van der Waals surface area contributed by atoms with Gasteiger partial charge in [-0.1, -0.05) is 13.8 Å². The van der Waals surface area contributed by atoms with E-state index in [4.69, 9.17) is 4.43 Å². The molecule has 0 aromatic rings. The van der Waals surface area contributed by atoms with Gasteiger partial charge in [-0.05, 0) is 25.7 Å². The number of rotatable bonds is 0. The maximum Gasteiger partial charge on any atom is 0.495 e. The van der Waals surface area contributed by atoms with Crippen molar-refractivity contribution in [1.29, 1.82) is 0 Å². The summed E-state index contributed by atoms with van der Waals surface area (Å²) in [5.74, 6) is 0. The Kier molecular flexibility index (Phi) is 2.16. The molecule has 1 fully saturated rings. The topological polar surface area (TPSA) is 49.7 Å². The Hall–Kier alpha value is 0.0969. The van der Waals surface area contributed by atoms with Gasteiger partial charge in [0.2, 0.25) is 0 Å². The van der Waals surface area contributed by atoms with Gasteiger partial charge < -0.3 is 14.0 Å². The maximum absolute atomic E-state index is 9.41. The molecule has 0 aromatic heterocycles. The summed E-state index contributed by atoms with van der Waals surface area (Å²) in [5.41, 5.74) is -0.407. The number of hydrogen-bond acceptors (Lipinski definition) is 3. The quantitative estimate of drug-likeness (QED) is 0.563. The molecule has 0 aromatic carbocycles. The second-order valence-electron chi connectivity index (χ2n) is 4.74. The van der Waals surface area contributed by atoms with Crippen molar-refractivity contribution in [2.75, 3.05) is 0 Å². The SMILES string of the molecule is CC1(C)CC[Si](O)(O)OC1(C)C. The fourth-order valence-corrected chi connectivity index (χ4v) is 3.52. The van der Waals surface area contributed by atoms with Crippen molar-refractivity contribution < 1.29 is 14.0 Å². The van der Waals surface area contributed by atoms with Crippen LogP contribution in [0, 0.1) is 5.41 Å². The molecular weight excluding hydrogens is 172 g/mol. The van der Waals surface area contributed by atoms with E-state index in [0.717, 1.165) is 6.42 Å². The minimum Gasteiger partial charge on any atom is -0.390 e. The van der Waals surface area contributed by atoms with Crippen LogP contribution in [-0.4, -0.2) is 24.0 Å². The van der Waals surface area contributed by atoms with Gasteiger partial charge in [-0.25, -0.2) is 0 Å². The summed E-state index contributed by atoms with van der Waals surface area (Å²) in [6, 6.07) is 0.420. The molecule has 12 heavy (non-hydrogen) atoms. The molecular formula is C8H18O3Si. The van der Waals surface area contributed by atoms with Crippen LogP contribution >= 0.6 is 0 Å². The minimum atomic E-state index is -3.31. The van der Waals surface area contributed by atoms with Crippen LogP contribution in [0.4, 0.5) is 0 Å². The third-order valence-electron chi connectivity index (χ3n) is 3.12. The predicted molar refractivity (Wildman–Crippen MR) is 48.6 cm³/mol. The molecule has 0 atom stereocenters. The zero-order valence-corrected chi connectivity index (χ0v) is 9.22. The molecule has 0 amide bonds. The van der Waals surface area contributed by atoms with Crippen LogP contribution in [0.2, 0.25) is 6.04 Å². The predicted octanol–water partition coefficient (Wildman–Crippen LogP) is 1.13. The third-order valence-corrected chi connectivity index (χ3v) is 4.86. The summed E-state index contributed by atoms with van der Waals surface area (Å²) >= 11 is 0. The Labute approximate surface area is 74.7 Å². The van der Waals surface area contributed by atoms with E-state index < -0.39 is 14.4 Å². The van der Waals surface area contributed by atoms with Crippen LogP contribution in [0.15, 0.2) is 0 Å². The summed E-state index contributed by atoms with van der Waals surface area (Å²) in [4.78, 5) is 18.8. The second-order valence-corrected chi connectivity index (χ2v) is 6.93. The van der Waals surface area contributed by atoms with Crippen molar-refractivity contribution in [1.82, 2.24) is 0 Å². The smallest absolute Gasteiger partial charge is 0.390 e. The average Bonchev–Trinajstić information content (AvgIpc) is 1.79. The highest BCUT2D eigenvalue weighted by Gasteiger charge is 2.51. The lowest BCUT2D eigenvalue weighted by atomic mass is 9.75. The Bertz CT molecular complexity index is 187. The van der Waals surface area contributed by atoms with Gasteiger partial charge in [0, 0.05) is 6.04 Å². The molecule has 72 valence electrons. The molecule has 3 nitrogen and oxygen atoms in total. The van der Waals surface area contributed by atoms with Crippen LogP contribution in [0.1, 0.15) is 34.1 Å². The zero-order chi connectivity index (χ0) is 9.62. The van der Waals surface area contributed by atoms with Gasteiger partial charge in [0.05, 0.1) is 5.60 Å². The average molecular weight is 190 g/mol. The lowest BCUT2D eigenvalue weighted by Crippen LogP contribution is -2.57. The molecule has 0 bridgehead atoms. The van der Waals surface area contributed by atoms with E-state index >= 15 is 0 Å². The van der Waals surface area contributed by atoms with E-state index in [1.54, 1.807) is 0 Å². The monoisotopic (exact) mass is 190 g/mol. The number of hydrogen-bond donors (Lipinski definition) is 2. The normalized spacial score (nSPS) is 31.5. The molecule has 0 aliphatic carbocycles. The molecule has 1 aliphatic heterocycles. The van der Waals surface area contributed by atoms with Gasteiger partial charge in [-0.2, -0.15) is 0 Å². The van der Waals surface area contributed by atoms with E-state index in [-0.39, 0.29) is 5.41 Å². The van der Waals surface area contributed by atoms with E-state index in [1.807, 2.05) is 13.8 Å². The van der Waals surface area contributed by atoms with Crippen LogP contribution < -0.4 is 0 Å². The molecule has 1 heterocycles. The van der Waals surface area contributed by atoms with E-state index in [1.165, 1.54) is 0 Å². The highest BCUT2D eigenvalue weighted by Crippen LogP contribution is 2.44. The van der Waals surface area contributed by atoms with Crippen molar-refractivity contribution >= 4 is 8.80 Å². The highest BCUT2D eigenvalue weighted by molar-refractivity contribution is 6.58. The van der Waals surface area contributed by atoms with Gasteiger partial charge in [0.25, 0.3) is 0 Å². The van der Waals surface area contributed by atoms with E-state index in [0.29, 0.717) is 6.04 Å². The van der Waals surface area contributed by atoms with Crippen molar-refractivity contribution in [2.45, 2.75) is 45.8 Å². The molecule has 2 N–H and O–H groups in total. The summed E-state index contributed by atoms with van der Waals surface area (Å²) in [6.07, 6.45) is 0.819. The van der Waals surface area contributed by atoms with Crippen molar-refractivity contribution in [2.24, 2.45) is 5.41 Å². The highest BCUT2D eigenvalue weighted by atomic mass is 28.4. The van der Waals surface area contributed by atoms with Gasteiger partial charge in [-0.15, -0.1) is 0 Å². The Morgan fingerprint density at radius 1 is 1.17 bits per heavy atom. The first-order chi connectivity index (χ1) is 5.16. The van der Waals surface area contributed by atoms with Gasteiger partial charge >= 0.3 is 8.80 Å². The van der Waals surface area contributed by atoms with Crippen molar-refractivity contribution in [3.8, 4) is 0 Å². The summed E-state index contributed by atoms with van der Waals surface area (Å²) < 4.78 is 5.33. The molecule has 1 saturated heterocycles.